The van der Waals surface area contributed by atoms with Crippen LogP contribution in [-0.4, -0.2) is 6.38 Å². The SMILES string of the molecule is CCl.NCc1ccccc1.[H-].[Li+]. The largest absolute Gasteiger partial charge is 1.00 e. The van der Waals surface area contributed by atoms with Crippen LogP contribution < -0.4 is 24.6 Å². The maximum Gasteiger partial charge on any atom is 1.00 e. The van der Waals surface area contributed by atoms with E-state index in [1.165, 1.54) is 11.9 Å². The van der Waals surface area contributed by atoms with Gasteiger partial charge in [-0.3, -0.25) is 0 Å². The summed E-state index contributed by atoms with van der Waals surface area (Å²) >= 11 is 4.64. The van der Waals surface area contributed by atoms with E-state index in [1.54, 1.807) is 0 Å². The molecule has 58 valence electrons. The molecule has 0 aliphatic carbocycles. The summed E-state index contributed by atoms with van der Waals surface area (Å²) in [7, 11) is 0. The van der Waals surface area contributed by atoms with Crippen molar-refractivity contribution in [2.45, 2.75) is 6.54 Å². The van der Waals surface area contributed by atoms with Gasteiger partial charge >= 0.3 is 18.9 Å². The van der Waals surface area contributed by atoms with Crippen molar-refractivity contribution in [1.82, 2.24) is 0 Å². The second-order valence-corrected chi connectivity index (χ2v) is 1.69. The Bertz CT molecular complexity index is 160. The van der Waals surface area contributed by atoms with Crippen molar-refractivity contribution in [2.75, 3.05) is 6.38 Å². The molecular formula is C8H13ClLiN. The van der Waals surface area contributed by atoms with Gasteiger partial charge in [0.05, 0.1) is 0 Å². The van der Waals surface area contributed by atoms with Gasteiger partial charge in [-0.1, -0.05) is 30.3 Å². The molecule has 11 heavy (non-hydrogen) atoms. The van der Waals surface area contributed by atoms with Crippen LogP contribution in [0.25, 0.3) is 0 Å². The maximum absolute atomic E-state index is 5.35. The van der Waals surface area contributed by atoms with Crippen LogP contribution in [0.3, 0.4) is 0 Å². The number of hydrogen-bond acceptors (Lipinski definition) is 1. The normalized spacial score (nSPS) is 7.18. The molecule has 1 nitrogen and oxygen atoms in total. The topological polar surface area (TPSA) is 26.0 Å². The summed E-state index contributed by atoms with van der Waals surface area (Å²) in [6.07, 6.45) is 1.47. The summed E-state index contributed by atoms with van der Waals surface area (Å²) in [6.45, 7) is 0.640. The van der Waals surface area contributed by atoms with Crippen molar-refractivity contribution in [3.63, 3.8) is 0 Å². The van der Waals surface area contributed by atoms with Crippen molar-refractivity contribution < 1.29 is 20.3 Å². The predicted octanol–water partition coefficient (Wildman–Crippen LogP) is -0.883. The molecular weight excluding hydrogens is 152 g/mol. The minimum atomic E-state index is 0. The van der Waals surface area contributed by atoms with Gasteiger partial charge in [-0.2, -0.15) is 0 Å². The summed E-state index contributed by atoms with van der Waals surface area (Å²) in [5, 5.41) is 0. The van der Waals surface area contributed by atoms with Gasteiger partial charge in [-0.05, 0) is 5.56 Å². The van der Waals surface area contributed by atoms with Crippen molar-refractivity contribution in [1.29, 1.82) is 0 Å². The van der Waals surface area contributed by atoms with E-state index >= 15 is 0 Å². The Labute approximate surface area is 86.6 Å². The summed E-state index contributed by atoms with van der Waals surface area (Å²) in [4.78, 5) is 0. The molecule has 0 fully saturated rings. The van der Waals surface area contributed by atoms with Crippen molar-refractivity contribution >= 4 is 11.6 Å². The maximum atomic E-state index is 5.35. The molecule has 0 unspecified atom stereocenters. The fourth-order valence-corrected chi connectivity index (χ4v) is 0.614. The molecule has 3 heteroatoms. The Hall–Kier alpha value is 0.0674. The summed E-state index contributed by atoms with van der Waals surface area (Å²) in [6, 6.07) is 9.99. The zero-order valence-electron chi connectivity index (χ0n) is 8.05. The molecule has 0 atom stereocenters. The van der Waals surface area contributed by atoms with Gasteiger partial charge < -0.3 is 7.16 Å². The van der Waals surface area contributed by atoms with E-state index in [0.29, 0.717) is 6.54 Å². The third kappa shape index (κ3) is 6.46. The molecule has 0 radical (unpaired) electrons. The summed E-state index contributed by atoms with van der Waals surface area (Å²) in [5.41, 5.74) is 6.54. The summed E-state index contributed by atoms with van der Waals surface area (Å²) in [5.74, 6) is 0. The molecule has 2 N–H and O–H groups in total. The molecule has 0 bridgehead atoms. The molecule has 0 saturated heterocycles. The van der Waals surface area contributed by atoms with E-state index in [0.717, 1.165) is 0 Å². The summed E-state index contributed by atoms with van der Waals surface area (Å²) < 4.78 is 0. The fourth-order valence-electron chi connectivity index (χ4n) is 0.614. The average molecular weight is 166 g/mol. The number of alkyl halides is 1. The molecule has 0 saturated carbocycles. The third-order valence-corrected chi connectivity index (χ3v) is 1.08. The van der Waals surface area contributed by atoms with Crippen LogP contribution in [0.5, 0.6) is 0 Å². The van der Waals surface area contributed by atoms with Crippen LogP contribution in [0.1, 0.15) is 6.99 Å². The van der Waals surface area contributed by atoms with Crippen LogP contribution in [0.15, 0.2) is 30.3 Å². The van der Waals surface area contributed by atoms with Crippen molar-refractivity contribution in [2.24, 2.45) is 5.73 Å². The van der Waals surface area contributed by atoms with Crippen LogP contribution in [-0.2, 0) is 6.54 Å². The van der Waals surface area contributed by atoms with Crippen molar-refractivity contribution in [3.8, 4) is 0 Å². The first-order valence-corrected chi connectivity index (χ1v) is 3.81. The minimum absolute atomic E-state index is 0. The van der Waals surface area contributed by atoms with Gasteiger partial charge in [0.15, 0.2) is 0 Å². The second kappa shape index (κ2) is 10.1. The quantitative estimate of drug-likeness (QED) is 0.425. The number of halogens is 1. The van der Waals surface area contributed by atoms with E-state index in [9.17, 15) is 0 Å². The molecule has 0 amide bonds. The van der Waals surface area contributed by atoms with Gasteiger partial charge in [0.1, 0.15) is 0 Å². The Balaban J connectivity index is -0.000000189. The zero-order chi connectivity index (χ0) is 7.82. The van der Waals surface area contributed by atoms with E-state index in [4.69, 9.17) is 5.73 Å². The zero-order valence-corrected chi connectivity index (χ0v) is 7.81. The fraction of sp³-hybridized carbons (Fsp3) is 0.250. The molecule has 1 aromatic carbocycles. The molecule has 0 heterocycles. The van der Waals surface area contributed by atoms with Crippen LogP contribution in [0.2, 0.25) is 0 Å². The Morgan fingerprint density at radius 1 is 1.27 bits per heavy atom. The first-order valence-electron chi connectivity index (χ1n) is 3.05. The van der Waals surface area contributed by atoms with Gasteiger partial charge in [0.25, 0.3) is 0 Å². The third-order valence-electron chi connectivity index (χ3n) is 1.08. The molecule has 0 aliphatic rings. The Morgan fingerprint density at radius 3 is 2.00 bits per heavy atom. The van der Waals surface area contributed by atoms with Gasteiger partial charge in [0, 0.05) is 12.9 Å². The first-order chi connectivity index (χ1) is 4.93. The average Bonchev–Trinajstić information content (AvgIpc) is 2.10. The van der Waals surface area contributed by atoms with Crippen LogP contribution in [0.4, 0.5) is 0 Å². The smallest absolute Gasteiger partial charge is 1.00 e. The van der Waals surface area contributed by atoms with Crippen LogP contribution >= 0.6 is 11.6 Å². The second-order valence-electron chi connectivity index (χ2n) is 1.69. The van der Waals surface area contributed by atoms with E-state index < -0.39 is 0 Å². The number of nitrogens with two attached hydrogens (primary N) is 1. The molecule has 1 rings (SSSR count). The predicted molar refractivity (Wildman–Crippen MR) is 47.2 cm³/mol. The molecule has 1 aromatic rings. The van der Waals surface area contributed by atoms with Crippen molar-refractivity contribution in [3.05, 3.63) is 35.9 Å². The Morgan fingerprint density at radius 2 is 1.73 bits per heavy atom. The standard InChI is InChI=1S/C7H9N.CH3Cl.Li.H/c8-6-7-4-2-1-3-5-7;1-2;;/h1-5H,6,8H2;1H3;;/q;;+1;-1. The Kier molecular flexibility index (Phi) is 12.5. The number of benzene rings is 1. The first kappa shape index (κ1) is 13.6. The number of rotatable bonds is 1. The van der Waals surface area contributed by atoms with Gasteiger partial charge in [-0.25, -0.2) is 0 Å². The van der Waals surface area contributed by atoms with Gasteiger partial charge in [-0.15, -0.1) is 11.6 Å². The van der Waals surface area contributed by atoms with E-state index in [1.807, 2.05) is 30.3 Å². The number of hydrogen-bond donors (Lipinski definition) is 1. The van der Waals surface area contributed by atoms with E-state index in [-0.39, 0.29) is 20.3 Å². The minimum Gasteiger partial charge on any atom is -1.00 e. The van der Waals surface area contributed by atoms with Crippen LogP contribution in [0, 0.1) is 0 Å². The molecule has 0 spiro atoms. The monoisotopic (exact) mass is 165 g/mol. The van der Waals surface area contributed by atoms with E-state index in [2.05, 4.69) is 11.6 Å². The molecule has 0 aromatic heterocycles. The molecule has 0 aliphatic heterocycles. The van der Waals surface area contributed by atoms with Gasteiger partial charge in [0.2, 0.25) is 0 Å².